The van der Waals surface area contributed by atoms with Crippen LogP contribution in [-0.4, -0.2) is 38.6 Å². The Morgan fingerprint density at radius 1 is 0.420 bits per heavy atom. The van der Waals surface area contributed by atoms with Gasteiger partial charge in [0.15, 0.2) is 29.5 Å². The molecule has 13 aromatic rings. The van der Waals surface area contributed by atoms with Crippen LogP contribution in [0.3, 0.4) is 0 Å². The summed E-state index contributed by atoms with van der Waals surface area (Å²) >= 11 is 0. The molecule has 0 saturated carbocycles. The van der Waals surface area contributed by atoms with E-state index >= 15 is 0 Å². The van der Waals surface area contributed by atoms with Gasteiger partial charge in [0.05, 0.1) is 16.4 Å². The topological polar surface area (TPSA) is 85.1 Å². The molecule has 0 radical (unpaired) electrons. The number of amidine groups is 2. The Morgan fingerprint density at radius 2 is 1.01 bits per heavy atom. The van der Waals surface area contributed by atoms with E-state index in [1.54, 1.807) is 0 Å². The van der Waals surface area contributed by atoms with E-state index in [4.69, 9.17) is 34.4 Å². The lowest BCUT2D eigenvalue weighted by molar-refractivity contribution is 0.358. The second-order valence-electron chi connectivity index (χ2n) is 27.3. The zero-order chi connectivity index (χ0) is 66.2. The van der Waals surface area contributed by atoms with E-state index in [2.05, 4.69) is 298 Å². The molecule has 474 valence electrons. The highest BCUT2D eigenvalue weighted by molar-refractivity contribution is 6.13. The molecular formula is C92H64N6O2. The summed E-state index contributed by atoms with van der Waals surface area (Å²) in [5, 5.41) is 2.27. The maximum absolute atomic E-state index is 7.31. The van der Waals surface area contributed by atoms with Gasteiger partial charge in [-0.3, -0.25) is 0 Å². The second-order valence-corrected chi connectivity index (χ2v) is 27.3. The van der Waals surface area contributed by atoms with Crippen LogP contribution in [0.15, 0.2) is 330 Å². The van der Waals surface area contributed by atoms with Crippen LogP contribution in [0.25, 0.3) is 83.9 Å². The summed E-state index contributed by atoms with van der Waals surface area (Å²) in [6, 6.07) is 100. The normalized spacial score (nSPS) is 19.4. The van der Waals surface area contributed by atoms with Gasteiger partial charge in [0.25, 0.3) is 0 Å². The van der Waals surface area contributed by atoms with Crippen molar-refractivity contribution in [1.82, 2.24) is 19.9 Å². The summed E-state index contributed by atoms with van der Waals surface area (Å²) in [6.45, 7) is 2.33. The number of hydrogen-bond donors (Lipinski definition) is 0. The number of allylic oxidation sites excluding steroid dienone is 7. The summed E-state index contributed by atoms with van der Waals surface area (Å²) in [5.41, 5.74) is 23.5. The van der Waals surface area contributed by atoms with E-state index in [1.807, 2.05) is 24.3 Å². The van der Waals surface area contributed by atoms with Gasteiger partial charge in [0.1, 0.15) is 28.8 Å². The van der Waals surface area contributed by atoms with Crippen molar-refractivity contribution in [3.8, 4) is 84.8 Å². The highest BCUT2D eigenvalue weighted by atomic mass is 16.5. The number of aromatic nitrogens is 3. The minimum atomic E-state index is -0.725. The molecule has 4 heterocycles. The van der Waals surface area contributed by atoms with Crippen LogP contribution >= 0.6 is 0 Å². The Labute approximate surface area is 580 Å². The van der Waals surface area contributed by atoms with Gasteiger partial charge >= 0.3 is 0 Å². The van der Waals surface area contributed by atoms with Gasteiger partial charge in [-0.05, 0) is 133 Å². The summed E-state index contributed by atoms with van der Waals surface area (Å²) < 4.78 is 14.6. The van der Waals surface area contributed by atoms with Crippen molar-refractivity contribution in [2.45, 2.75) is 43.2 Å². The van der Waals surface area contributed by atoms with Crippen LogP contribution in [0.1, 0.15) is 88.0 Å². The number of rotatable bonds is 8. The van der Waals surface area contributed by atoms with Crippen molar-refractivity contribution >= 4 is 28.0 Å². The fraction of sp³-hybridized carbons (Fsp3) is 0.0978. The molecule has 4 atom stereocenters. The summed E-state index contributed by atoms with van der Waals surface area (Å²) in [7, 11) is 2.12. The lowest BCUT2D eigenvalue weighted by Crippen LogP contribution is -2.37. The zero-order valence-electron chi connectivity index (χ0n) is 55.1. The Balaban J connectivity index is 0.679. The first-order valence-electron chi connectivity index (χ1n) is 34.7. The number of nitrogens with zero attached hydrogens (tertiary/aromatic N) is 6. The third-order valence-electron chi connectivity index (χ3n) is 21.7. The maximum Gasteiger partial charge on any atom is 0.167 e. The molecule has 4 aliphatic carbocycles. The number of benzene rings is 12. The SMILES string of the molecule is CC1C=CC2=C(C1)C1(c3ccccc3Oc3c(C4N=C(c5ccccc5)N=C(c5ccc(-c6cccc(-c7cccc8c7-c7ccccc7C87C8=CCCC=C8Oc8c(-c9nc(-c%10ccccc%10)nc(-c%10ccc%11ccccc%11c%10)n9)cccc87)c6)cc5)N4C)cccc31)c1ccccc12. The molecule has 3 aliphatic heterocycles. The molecule has 20 rings (SSSR count). The monoisotopic (exact) mass is 1280 g/mol. The van der Waals surface area contributed by atoms with Gasteiger partial charge in [-0.15, -0.1) is 0 Å². The van der Waals surface area contributed by atoms with E-state index in [-0.39, 0.29) is 0 Å². The molecular weight excluding hydrogens is 1220 g/mol. The van der Waals surface area contributed by atoms with Crippen LogP contribution in [-0.2, 0) is 10.8 Å². The Hall–Kier alpha value is -12.4. The minimum absolute atomic E-state index is 0.386. The van der Waals surface area contributed by atoms with Crippen LogP contribution in [0.5, 0.6) is 17.2 Å². The van der Waals surface area contributed by atoms with E-state index in [0.717, 1.165) is 131 Å². The minimum Gasteiger partial charge on any atom is -0.456 e. The van der Waals surface area contributed by atoms with Gasteiger partial charge in [-0.1, -0.05) is 280 Å². The fourth-order valence-corrected chi connectivity index (χ4v) is 17.3. The largest absolute Gasteiger partial charge is 0.456 e. The van der Waals surface area contributed by atoms with E-state index in [0.29, 0.717) is 29.2 Å². The first kappa shape index (κ1) is 57.8. The van der Waals surface area contributed by atoms with Crippen LogP contribution < -0.4 is 9.47 Å². The molecule has 1 aromatic heterocycles. The Morgan fingerprint density at radius 3 is 1.83 bits per heavy atom. The average molecular weight is 1290 g/mol. The van der Waals surface area contributed by atoms with Crippen molar-refractivity contribution in [2.75, 3.05) is 7.05 Å². The summed E-state index contributed by atoms with van der Waals surface area (Å²) in [6.07, 6.45) is 11.7. The van der Waals surface area contributed by atoms with Crippen LogP contribution in [0.4, 0.5) is 0 Å². The molecule has 0 N–H and O–H groups in total. The van der Waals surface area contributed by atoms with Gasteiger partial charge in [-0.25, -0.2) is 24.9 Å². The number of fused-ring (bicyclic) bond motifs is 18. The molecule has 100 heavy (non-hydrogen) atoms. The molecule has 0 fully saturated rings. The summed E-state index contributed by atoms with van der Waals surface area (Å²) in [4.78, 5) is 29.1. The molecule has 12 aromatic carbocycles. The first-order valence-corrected chi connectivity index (χ1v) is 34.7. The summed E-state index contributed by atoms with van der Waals surface area (Å²) in [5.74, 6) is 6.95. The second kappa shape index (κ2) is 22.6. The van der Waals surface area contributed by atoms with Crippen molar-refractivity contribution in [1.29, 1.82) is 0 Å². The third-order valence-corrected chi connectivity index (χ3v) is 21.7. The van der Waals surface area contributed by atoms with E-state index < -0.39 is 17.0 Å². The number of aliphatic imine (C=N–C) groups is 2. The predicted octanol–water partition coefficient (Wildman–Crippen LogP) is 21.3. The number of para-hydroxylation sites is 3. The highest BCUT2D eigenvalue weighted by Crippen LogP contribution is 2.66. The lowest BCUT2D eigenvalue weighted by atomic mass is 9.63. The Bertz CT molecular complexity index is 5820. The maximum atomic E-state index is 7.31. The molecule has 4 unspecified atom stereocenters. The third kappa shape index (κ3) is 8.62. The fourth-order valence-electron chi connectivity index (χ4n) is 17.3. The van der Waals surface area contributed by atoms with Crippen molar-refractivity contribution in [3.05, 3.63) is 376 Å². The zero-order valence-corrected chi connectivity index (χ0v) is 55.1. The van der Waals surface area contributed by atoms with Crippen LogP contribution in [0, 0.1) is 5.92 Å². The molecule has 0 bridgehead atoms. The standard InChI is InChI=1S/C92H64N6O2/c1-56-45-52-68-67-31-11-13-36-72(67)92(79(68)53-56)75-39-16-18-44-81(75)100-84-71(35-22-42-78(84)92)90-97-86(60-26-7-4-8-27-60)96-89(98(90)2)61-49-46-58(47-50-61)63-29-19-30-64(54-63)66-33-20-40-76-82(66)69-32-12-14-37-73(69)91(76)74-38-15-17-43-80(74)99-83-70(34-21-41-77(83)91)88-94-85(59-24-5-3-6-25-59)93-87(95-88)65-51-48-57-23-9-10-28-62(57)55-65/h3-14,16,18-52,54-56,90H,15,17,53H2,1-2H3. The smallest absolute Gasteiger partial charge is 0.167 e. The number of ether oxygens (including phenoxy) is 2. The van der Waals surface area contributed by atoms with Crippen molar-refractivity contribution in [3.63, 3.8) is 0 Å². The van der Waals surface area contributed by atoms with E-state index in [1.165, 1.54) is 50.1 Å². The van der Waals surface area contributed by atoms with Gasteiger partial charge in [0.2, 0.25) is 0 Å². The first-order chi connectivity index (χ1) is 49.4. The van der Waals surface area contributed by atoms with E-state index in [9.17, 15) is 0 Å². The highest BCUT2D eigenvalue weighted by Gasteiger charge is 2.55. The van der Waals surface area contributed by atoms with Gasteiger partial charge < -0.3 is 14.4 Å². The lowest BCUT2D eigenvalue weighted by Gasteiger charge is -2.43. The predicted molar refractivity (Wildman–Crippen MR) is 401 cm³/mol. The van der Waals surface area contributed by atoms with Gasteiger partial charge in [-0.2, -0.15) is 0 Å². The van der Waals surface area contributed by atoms with Gasteiger partial charge in [0, 0.05) is 57.1 Å². The van der Waals surface area contributed by atoms with Crippen molar-refractivity contribution < 1.29 is 9.47 Å². The molecule has 8 heteroatoms. The van der Waals surface area contributed by atoms with Crippen molar-refractivity contribution in [2.24, 2.45) is 15.9 Å². The molecule has 0 saturated heterocycles. The quantitative estimate of drug-likeness (QED) is 0.151. The molecule has 2 spiro atoms. The molecule has 0 amide bonds. The molecule has 7 aliphatic rings. The van der Waals surface area contributed by atoms with Crippen LogP contribution in [0.2, 0.25) is 0 Å². The Kier molecular flexibility index (Phi) is 13.1. The molecule has 8 nitrogen and oxygen atoms in total. The average Bonchev–Trinajstić information content (AvgIpc) is 1.48. The number of hydrogen-bond acceptors (Lipinski definition) is 8.